The second-order valence-electron chi connectivity index (χ2n) is 5.76. The molecule has 3 rings (SSSR count). The maximum absolute atomic E-state index is 11.7. The summed E-state index contributed by atoms with van der Waals surface area (Å²) in [4.78, 5) is 13.8. The zero-order chi connectivity index (χ0) is 16.6. The van der Waals surface area contributed by atoms with Crippen molar-refractivity contribution in [2.45, 2.75) is 19.0 Å². The predicted molar refractivity (Wildman–Crippen MR) is 91.0 cm³/mol. The first-order valence-corrected chi connectivity index (χ1v) is 7.70. The molecule has 1 aliphatic rings. The van der Waals surface area contributed by atoms with Crippen molar-refractivity contribution < 1.29 is 10.0 Å². The van der Waals surface area contributed by atoms with E-state index in [4.69, 9.17) is 17.3 Å². The van der Waals surface area contributed by atoms with Crippen molar-refractivity contribution >= 4 is 28.9 Å². The van der Waals surface area contributed by atoms with E-state index in [1.807, 2.05) is 43.4 Å². The average Bonchev–Trinajstić information content (AvgIpc) is 2.52. The van der Waals surface area contributed by atoms with Crippen molar-refractivity contribution in [2.24, 2.45) is 5.73 Å². The number of halogens is 1. The van der Waals surface area contributed by atoms with Gasteiger partial charge in [-0.25, -0.2) is 0 Å². The maximum atomic E-state index is 11.7. The number of carbonyl (C=O) groups is 1. The number of nitrogens with two attached hydrogens (primary N) is 1. The van der Waals surface area contributed by atoms with Gasteiger partial charge in [-0.3, -0.25) is 10.0 Å². The molecule has 5 nitrogen and oxygen atoms in total. The second-order valence-corrected chi connectivity index (χ2v) is 6.20. The van der Waals surface area contributed by atoms with Crippen LogP contribution in [0.25, 0.3) is 0 Å². The Bertz CT molecular complexity index is 750. The Labute approximate surface area is 139 Å². The summed E-state index contributed by atoms with van der Waals surface area (Å²) in [7, 11) is 1.98. The Morgan fingerprint density at radius 1 is 1.35 bits per heavy atom. The third kappa shape index (κ3) is 3.17. The second kappa shape index (κ2) is 6.20. The van der Waals surface area contributed by atoms with E-state index >= 15 is 0 Å². The highest BCUT2D eigenvalue weighted by Crippen LogP contribution is 2.28. The minimum Gasteiger partial charge on any atom is -0.370 e. The lowest BCUT2D eigenvalue weighted by atomic mass is 9.97. The number of carbonyl (C=O) groups excluding carboxylic acids is 1. The molecule has 120 valence electrons. The smallest absolute Gasteiger partial charge is 0.267 e. The first-order chi connectivity index (χ1) is 11.0. The first-order valence-electron chi connectivity index (χ1n) is 7.32. The van der Waals surface area contributed by atoms with Gasteiger partial charge in [0, 0.05) is 24.3 Å². The predicted octanol–water partition coefficient (Wildman–Crippen LogP) is 2.58. The molecule has 3 N–H and O–H groups in total. The summed E-state index contributed by atoms with van der Waals surface area (Å²) in [6.45, 7) is 0.683. The maximum Gasteiger partial charge on any atom is 0.267 e. The Balaban J connectivity index is 1.82. The van der Waals surface area contributed by atoms with E-state index in [1.54, 1.807) is 6.07 Å². The number of hydrogen-bond acceptors (Lipinski definition) is 4. The van der Waals surface area contributed by atoms with E-state index in [-0.39, 0.29) is 0 Å². The van der Waals surface area contributed by atoms with Crippen molar-refractivity contribution in [1.29, 1.82) is 0 Å². The molecule has 2 aromatic rings. The Morgan fingerprint density at radius 3 is 2.87 bits per heavy atom. The highest BCUT2D eigenvalue weighted by Gasteiger charge is 2.29. The van der Waals surface area contributed by atoms with E-state index < -0.39 is 11.9 Å². The molecule has 0 aliphatic carbocycles. The van der Waals surface area contributed by atoms with Gasteiger partial charge in [0.2, 0.25) is 0 Å². The molecule has 0 unspecified atom stereocenters. The lowest BCUT2D eigenvalue weighted by Gasteiger charge is -2.28. The summed E-state index contributed by atoms with van der Waals surface area (Å²) in [6.07, 6.45) is 0.431. The SMILES string of the molecule is CN(Cc1ccc2c(c1)C[C@H](N)C(=O)N2O)c1cccc(Cl)c1. The highest BCUT2D eigenvalue weighted by atomic mass is 35.5. The van der Waals surface area contributed by atoms with Gasteiger partial charge in [0.15, 0.2) is 0 Å². The van der Waals surface area contributed by atoms with E-state index in [2.05, 4.69) is 4.90 Å². The Hall–Kier alpha value is -2.08. The van der Waals surface area contributed by atoms with Gasteiger partial charge in [0.05, 0.1) is 11.7 Å². The van der Waals surface area contributed by atoms with E-state index in [1.165, 1.54) is 0 Å². The number of rotatable bonds is 3. The molecule has 0 aromatic heterocycles. The van der Waals surface area contributed by atoms with E-state index in [0.717, 1.165) is 16.8 Å². The first kappa shape index (κ1) is 15.8. The molecule has 1 amide bonds. The van der Waals surface area contributed by atoms with Crippen LogP contribution in [0, 0.1) is 0 Å². The minimum absolute atomic E-state index is 0.431. The topological polar surface area (TPSA) is 69.8 Å². The molecule has 6 heteroatoms. The van der Waals surface area contributed by atoms with Crippen LogP contribution in [0.2, 0.25) is 5.02 Å². The van der Waals surface area contributed by atoms with Crippen LogP contribution in [0.3, 0.4) is 0 Å². The highest BCUT2D eigenvalue weighted by molar-refractivity contribution is 6.30. The summed E-state index contributed by atoms with van der Waals surface area (Å²) in [6, 6.07) is 12.6. The van der Waals surface area contributed by atoms with Crippen molar-refractivity contribution in [2.75, 3.05) is 17.0 Å². The molecular formula is C17H18ClN3O2. The van der Waals surface area contributed by atoms with Crippen LogP contribution in [0.4, 0.5) is 11.4 Å². The molecule has 1 atom stereocenters. The number of anilines is 2. The lowest BCUT2D eigenvalue weighted by Crippen LogP contribution is -2.47. The number of hydrogen-bond donors (Lipinski definition) is 2. The van der Waals surface area contributed by atoms with Gasteiger partial charge in [-0.1, -0.05) is 29.8 Å². The van der Waals surface area contributed by atoms with Crippen LogP contribution >= 0.6 is 11.6 Å². The van der Waals surface area contributed by atoms with Crippen LogP contribution in [0.5, 0.6) is 0 Å². The molecule has 0 saturated heterocycles. The van der Waals surface area contributed by atoms with Crippen LogP contribution in [-0.2, 0) is 17.8 Å². The molecule has 0 spiro atoms. The van der Waals surface area contributed by atoms with Crippen LogP contribution in [0.15, 0.2) is 42.5 Å². The van der Waals surface area contributed by atoms with Crippen molar-refractivity contribution in [1.82, 2.24) is 0 Å². The lowest BCUT2D eigenvalue weighted by molar-refractivity contribution is -0.125. The normalized spacial score (nSPS) is 17.1. The fourth-order valence-electron chi connectivity index (χ4n) is 2.79. The fraction of sp³-hybridized carbons (Fsp3) is 0.235. The van der Waals surface area contributed by atoms with Gasteiger partial charge >= 0.3 is 0 Å². The zero-order valence-electron chi connectivity index (χ0n) is 12.7. The summed E-state index contributed by atoms with van der Waals surface area (Å²) in [5.41, 5.74) is 9.23. The quantitative estimate of drug-likeness (QED) is 0.848. The summed E-state index contributed by atoms with van der Waals surface area (Å²) in [5.74, 6) is -0.471. The molecular weight excluding hydrogens is 314 g/mol. The van der Waals surface area contributed by atoms with Crippen molar-refractivity contribution in [3.05, 3.63) is 58.6 Å². The van der Waals surface area contributed by atoms with E-state index in [9.17, 15) is 10.0 Å². The minimum atomic E-state index is -0.701. The third-order valence-corrected chi connectivity index (χ3v) is 4.24. The van der Waals surface area contributed by atoms with Crippen LogP contribution in [-0.4, -0.2) is 24.2 Å². The number of nitrogens with zero attached hydrogens (tertiary/aromatic N) is 2. The molecule has 0 bridgehead atoms. The Kier molecular flexibility index (Phi) is 4.26. The van der Waals surface area contributed by atoms with Crippen molar-refractivity contribution in [3.63, 3.8) is 0 Å². The molecule has 1 aliphatic heterocycles. The van der Waals surface area contributed by atoms with Crippen LogP contribution in [0.1, 0.15) is 11.1 Å². The number of amides is 1. The van der Waals surface area contributed by atoms with Gasteiger partial charge < -0.3 is 10.6 Å². The molecule has 0 fully saturated rings. The third-order valence-electron chi connectivity index (χ3n) is 4.01. The van der Waals surface area contributed by atoms with Gasteiger partial charge in [-0.05, 0) is 41.8 Å². The standard InChI is InChI=1S/C17H18ClN3O2/c1-20(14-4-2-3-13(18)9-14)10-11-5-6-16-12(7-11)8-15(19)17(22)21(16)23/h2-7,9,15,23H,8,10,19H2,1H3/t15-/m0/s1. The van der Waals surface area contributed by atoms with Gasteiger partial charge in [-0.15, -0.1) is 0 Å². The molecule has 2 aromatic carbocycles. The van der Waals surface area contributed by atoms with Crippen molar-refractivity contribution in [3.8, 4) is 0 Å². The Morgan fingerprint density at radius 2 is 2.13 bits per heavy atom. The summed E-state index contributed by atoms with van der Waals surface area (Å²) < 4.78 is 0. The molecule has 1 heterocycles. The largest absolute Gasteiger partial charge is 0.370 e. The van der Waals surface area contributed by atoms with E-state index in [0.29, 0.717) is 28.7 Å². The van der Waals surface area contributed by atoms with Crippen LogP contribution < -0.4 is 15.7 Å². The van der Waals surface area contributed by atoms with Gasteiger partial charge in [0.25, 0.3) is 5.91 Å². The summed E-state index contributed by atoms with van der Waals surface area (Å²) >= 11 is 6.03. The fourth-order valence-corrected chi connectivity index (χ4v) is 2.97. The van der Waals surface area contributed by atoms with Gasteiger partial charge in [0.1, 0.15) is 0 Å². The average molecular weight is 332 g/mol. The molecule has 0 radical (unpaired) electrons. The molecule has 0 saturated carbocycles. The number of benzene rings is 2. The number of hydroxylamine groups is 1. The monoisotopic (exact) mass is 331 g/mol. The summed E-state index contributed by atoms with van der Waals surface area (Å²) in [5, 5.41) is 11.2. The zero-order valence-corrected chi connectivity index (χ0v) is 13.5. The van der Waals surface area contributed by atoms with Gasteiger partial charge in [-0.2, -0.15) is 5.06 Å². The molecule has 23 heavy (non-hydrogen) atoms. The number of fused-ring (bicyclic) bond motifs is 1.